The number of carbonyl (C=O) groups excluding carboxylic acids is 1. The summed E-state index contributed by atoms with van der Waals surface area (Å²) in [6, 6.07) is 0. The van der Waals surface area contributed by atoms with Gasteiger partial charge in [0.2, 0.25) is 0 Å². The Morgan fingerprint density at radius 2 is 2.15 bits per heavy atom. The first-order chi connectivity index (χ1) is 9.63. The maximum atomic E-state index is 12.2. The summed E-state index contributed by atoms with van der Waals surface area (Å²) in [5.41, 5.74) is 7.56. The molecule has 0 saturated carbocycles. The van der Waals surface area contributed by atoms with Gasteiger partial charge in [0, 0.05) is 32.7 Å². The maximum absolute atomic E-state index is 12.2. The molecule has 1 saturated heterocycles. The molecule has 0 aromatic carbocycles. The molecule has 0 atom stereocenters. The predicted octanol–water partition coefficient (Wildman–Crippen LogP) is -0.144. The van der Waals surface area contributed by atoms with Crippen LogP contribution in [0.5, 0.6) is 0 Å². The lowest BCUT2D eigenvalue weighted by molar-refractivity contribution is 0.0383. The highest BCUT2D eigenvalue weighted by Gasteiger charge is 2.19. The summed E-state index contributed by atoms with van der Waals surface area (Å²) in [5.74, 6) is -0.154. The van der Waals surface area contributed by atoms with Crippen LogP contribution in [0.3, 0.4) is 0 Å². The van der Waals surface area contributed by atoms with E-state index in [1.54, 1.807) is 4.68 Å². The minimum atomic E-state index is -0.154. The average Bonchev–Trinajstić information content (AvgIpc) is 2.75. The topological polar surface area (TPSA) is 85.4 Å². The van der Waals surface area contributed by atoms with E-state index in [1.165, 1.54) is 0 Å². The third-order valence-corrected chi connectivity index (χ3v) is 3.51. The molecule has 0 spiro atoms. The van der Waals surface area contributed by atoms with Gasteiger partial charge in [-0.3, -0.25) is 14.4 Å². The normalized spacial score (nSPS) is 16.3. The highest BCUT2D eigenvalue weighted by Crippen LogP contribution is 2.15. The Morgan fingerprint density at radius 1 is 1.45 bits per heavy atom. The summed E-state index contributed by atoms with van der Waals surface area (Å²) in [6.07, 6.45) is 0. The van der Waals surface area contributed by atoms with E-state index in [0.29, 0.717) is 30.2 Å². The molecule has 7 heteroatoms. The van der Waals surface area contributed by atoms with Crippen LogP contribution in [0.15, 0.2) is 0 Å². The summed E-state index contributed by atoms with van der Waals surface area (Å²) in [4.78, 5) is 14.5. The Labute approximate surface area is 119 Å². The van der Waals surface area contributed by atoms with Crippen LogP contribution >= 0.6 is 0 Å². The van der Waals surface area contributed by atoms with Gasteiger partial charge in [-0.15, -0.1) is 0 Å². The minimum absolute atomic E-state index is 0.154. The lowest BCUT2D eigenvalue weighted by atomic mass is 10.3. The van der Waals surface area contributed by atoms with Gasteiger partial charge in [0.25, 0.3) is 5.91 Å². The van der Waals surface area contributed by atoms with Gasteiger partial charge in [-0.2, -0.15) is 5.10 Å². The number of carbonyl (C=O) groups is 1. The smallest absolute Gasteiger partial charge is 0.271 e. The van der Waals surface area contributed by atoms with E-state index < -0.39 is 0 Å². The van der Waals surface area contributed by atoms with Crippen molar-refractivity contribution in [3.8, 4) is 0 Å². The zero-order valence-corrected chi connectivity index (χ0v) is 12.2. The predicted molar refractivity (Wildman–Crippen MR) is 76.6 cm³/mol. The Morgan fingerprint density at radius 3 is 2.80 bits per heavy atom. The van der Waals surface area contributed by atoms with Crippen LogP contribution in [0.4, 0.5) is 5.69 Å². The fourth-order valence-corrected chi connectivity index (χ4v) is 2.30. The number of nitrogens with one attached hydrogen (secondary N) is 1. The lowest BCUT2D eigenvalue weighted by Crippen LogP contribution is -2.41. The number of amides is 1. The molecule has 1 aliphatic heterocycles. The van der Waals surface area contributed by atoms with E-state index in [0.717, 1.165) is 32.8 Å². The monoisotopic (exact) mass is 281 g/mol. The molecule has 1 aliphatic rings. The molecule has 0 bridgehead atoms. The molecular formula is C13H23N5O2. The quantitative estimate of drug-likeness (QED) is 0.784. The standard InChI is InChI=1S/C13H23N5O2/c1-3-18-12(11(14)10(2)16-18)13(19)15-4-5-17-6-8-20-9-7-17/h3-9,14H2,1-2H3,(H,15,19). The second-order valence-electron chi connectivity index (χ2n) is 4.87. The second-order valence-corrected chi connectivity index (χ2v) is 4.87. The first-order valence-corrected chi connectivity index (χ1v) is 7.04. The largest absolute Gasteiger partial charge is 0.395 e. The van der Waals surface area contributed by atoms with Gasteiger partial charge in [0.1, 0.15) is 5.69 Å². The van der Waals surface area contributed by atoms with E-state index >= 15 is 0 Å². The summed E-state index contributed by atoms with van der Waals surface area (Å²) < 4.78 is 6.94. The van der Waals surface area contributed by atoms with Crippen molar-refractivity contribution in [1.82, 2.24) is 20.0 Å². The van der Waals surface area contributed by atoms with Gasteiger partial charge in [-0.25, -0.2) is 0 Å². The van der Waals surface area contributed by atoms with Crippen molar-refractivity contribution >= 4 is 11.6 Å². The molecule has 3 N–H and O–H groups in total. The van der Waals surface area contributed by atoms with E-state index in [9.17, 15) is 4.79 Å². The van der Waals surface area contributed by atoms with Crippen LogP contribution in [0.1, 0.15) is 23.1 Å². The van der Waals surface area contributed by atoms with E-state index in [1.807, 2.05) is 13.8 Å². The van der Waals surface area contributed by atoms with Crippen LogP contribution in [0, 0.1) is 6.92 Å². The minimum Gasteiger partial charge on any atom is -0.395 e. The Hall–Kier alpha value is -1.60. The molecular weight excluding hydrogens is 258 g/mol. The SMILES string of the molecule is CCn1nc(C)c(N)c1C(=O)NCCN1CCOCC1. The number of aryl methyl sites for hydroxylation is 2. The van der Waals surface area contributed by atoms with Crippen molar-refractivity contribution in [2.45, 2.75) is 20.4 Å². The molecule has 1 fully saturated rings. The fraction of sp³-hybridized carbons (Fsp3) is 0.692. The van der Waals surface area contributed by atoms with E-state index in [-0.39, 0.29) is 5.91 Å². The van der Waals surface area contributed by atoms with Crippen LogP contribution in [0.25, 0.3) is 0 Å². The van der Waals surface area contributed by atoms with Crippen molar-refractivity contribution in [2.75, 3.05) is 45.1 Å². The summed E-state index contributed by atoms with van der Waals surface area (Å²) in [6.45, 7) is 9.19. The zero-order valence-electron chi connectivity index (χ0n) is 12.2. The maximum Gasteiger partial charge on any atom is 0.271 e. The molecule has 2 rings (SSSR count). The number of hydrogen-bond acceptors (Lipinski definition) is 5. The van der Waals surface area contributed by atoms with Crippen LogP contribution in [0.2, 0.25) is 0 Å². The molecule has 0 unspecified atom stereocenters. The number of hydrogen-bond donors (Lipinski definition) is 2. The average molecular weight is 281 g/mol. The van der Waals surface area contributed by atoms with Crippen LogP contribution in [-0.2, 0) is 11.3 Å². The third kappa shape index (κ3) is 3.29. The second kappa shape index (κ2) is 6.71. The summed E-state index contributed by atoms with van der Waals surface area (Å²) in [5, 5.41) is 7.16. The first-order valence-electron chi connectivity index (χ1n) is 7.04. The molecule has 7 nitrogen and oxygen atoms in total. The Bertz CT molecular complexity index is 466. The fourth-order valence-electron chi connectivity index (χ4n) is 2.30. The van der Waals surface area contributed by atoms with Crippen molar-refractivity contribution in [3.05, 3.63) is 11.4 Å². The highest BCUT2D eigenvalue weighted by atomic mass is 16.5. The molecule has 112 valence electrons. The van der Waals surface area contributed by atoms with Gasteiger partial charge in [0.05, 0.1) is 24.6 Å². The molecule has 1 amide bonds. The number of rotatable bonds is 5. The lowest BCUT2D eigenvalue weighted by Gasteiger charge is -2.26. The molecule has 0 radical (unpaired) electrons. The molecule has 2 heterocycles. The van der Waals surface area contributed by atoms with Gasteiger partial charge < -0.3 is 15.8 Å². The number of nitrogens with zero attached hydrogens (tertiary/aromatic N) is 3. The Balaban J connectivity index is 1.88. The summed E-state index contributed by atoms with van der Waals surface area (Å²) in [7, 11) is 0. The van der Waals surface area contributed by atoms with Crippen LogP contribution < -0.4 is 11.1 Å². The number of anilines is 1. The van der Waals surface area contributed by atoms with Gasteiger partial charge in [-0.1, -0.05) is 0 Å². The third-order valence-electron chi connectivity index (χ3n) is 3.51. The molecule has 0 aliphatic carbocycles. The van der Waals surface area contributed by atoms with Crippen molar-refractivity contribution in [2.24, 2.45) is 0 Å². The molecule has 20 heavy (non-hydrogen) atoms. The molecule has 1 aromatic heterocycles. The number of aromatic nitrogens is 2. The number of nitrogens with two attached hydrogens (primary N) is 1. The summed E-state index contributed by atoms with van der Waals surface area (Å²) >= 11 is 0. The van der Waals surface area contributed by atoms with Gasteiger partial charge in [-0.05, 0) is 13.8 Å². The first kappa shape index (κ1) is 14.8. The van der Waals surface area contributed by atoms with E-state index in [4.69, 9.17) is 10.5 Å². The molecule has 1 aromatic rings. The van der Waals surface area contributed by atoms with Gasteiger partial charge >= 0.3 is 0 Å². The number of morpholine rings is 1. The number of nitrogen functional groups attached to an aromatic ring is 1. The van der Waals surface area contributed by atoms with Gasteiger partial charge in [0.15, 0.2) is 0 Å². The van der Waals surface area contributed by atoms with E-state index in [2.05, 4.69) is 15.3 Å². The van der Waals surface area contributed by atoms with Crippen molar-refractivity contribution in [3.63, 3.8) is 0 Å². The van der Waals surface area contributed by atoms with Crippen molar-refractivity contribution < 1.29 is 9.53 Å². The van der Waals surface area contributed by atoms with Crippen LogP contribution in [-0.4, -0.2) is 60.0 Å². The highest BCUT2D eigenvalue weighted by molar-refractivity contribution is 5.97. The van der Waals surface area contributed by atoms with Crippen molar-refractivity contribution in [1.29, 1.82) is 0 Å². The Kier molecular flexibility index (Phi) is 4.97. The number of ether oxygens (including phenoxy) is 1. The zero-order chi connectivity index (χ0) is 14.5.